The second kappa shape index (κ2) is 6.97. The molecule has 7 heteroatoms. The molecule has 0 bridgehead atoms. The molecule has 1 aromatic rings. The molecule has 0 saturated carbocycles. The summed E-state index contributed by atoms with van der Waals surface area (Å²) in [6.45, 7) is 0.0220. The number of thioether (sulfide) groups is 1. The van der Waals surface area contributed by atoms with Crippen LogP contribution in [-0.4, -0.2) is 48.0 Å². The van der Waals surface area contributed by atoms with E-state index < -0.39 is 0 Å². The van der Waals surface area contributed by atoms with Gasteiger partial charge in [-0.05, 0) is 18.2 Å². The minimum atomic E-state index is -0.242. The standard InChI is InChI=1S/C13H16ClN3O2S/c1-17(13(19)11-7-20-8-15-11)6-12(18)16-10-4-2-3-9(14)5-10/h2-5,11,15H,6-8H2,1H3,(H,16,18). The minimum Gasteiger partial charge on any atom is -0.335 e. The molecular weight excluding hydrogens is 298 g/mol. The van der Waals surface area contributed by atoms with Crippen molar-refractivity contribution >= 4 is 40.9 Å². The average molecular weight is 314 g/mol. The van der Waals surface area contributed by atoms with Crippen LogP contribution < -0.4 is 10.6 Å². The predicted octanol–water partition coefficient (Wildman–Crippen LogP) is 1.40. The summed E-state index contributed by atoms with van der Waals surface area (Å²) in [5.74, 6) is 1.22. The molecule has 2 amide bonds. The van der Waals surface area contributed by atoms with Crippen LogP contribution in [-0.2, 0) is 9.59 Å². The molecule has 0 spiro atoms. The van der Waals surface area contributed by atoms with Gasteiger partial charge in [0.05, 0.1) is 12.6 Å². The van der Waals surface area contributed by atoms with E-state index in [0.29, 0.717) is 10.7 Å². The summed E-state index contributed by atoms with van der Waals surface area (Å²) in [6.07, 6.45) is 0. The van der Waals surface area contributed by atoms with Crippen molar-refractivity contribution in [3.63, 3.8) is 0 Å². The van der Waals surface area contributed by atoms with Crippen molar-refractivity contribution < 1.29 is 9.59 Å². The molecule has 1 heterocycles. The van der Waals surface area contributed by atoms with E-state index in [2.05, 4.69) is 10.6 Å². The van der Waals surface area contributed by atoms with Crippen LogP contribution in [0.25, 0.3) is 0 Å². The molecule has 1 aliphatic heterocycles. The number of likely N-dealkylation sites (N-methyl/N-ethyl adjacent to an activating group) is 1. The maximum Gasteiger partial charge on any atom is 0.243 e. The molecule has 1 fully saturated rings. The van der Waals surface area contributed by atoms with E-state index in [-0.39, 0.29) is 24.4 Å². The maximum absolute atomic E-state index is 12.0. The van der Waals surface area contributed by atoms with Gasteiger partial charge in [0.2, 0.25) is 11.8 Å². The molecule has 0 aromatic heterocycles. The number of nitrogens with zero attached hydrogens (tertiary/aromatic N) is 1. The molecule has 108 valence electrons. The lowest BCUT2D eigenvalue weighted by Crippen LogP contribution is -2.45. The van der Waals surface area contributed by atoms with Crippen LogP contribution in [0.5, 0.6) is 0 Å². The molecule has 1 aromatic carbocycles. The van der Waals surface area contributed by atoms with Gasteiger partial charge in [0, 0.05) is 29.4 Å². The van der Waals surface area contributed by atoms with Crippen molar-refractivity contribution in [1.82, 2.24) is 10.2 Å². The SMILES string of the molecule is CN(CC(=O)Nc1cccc(Cl)c1)C(=O)C1CSCN1. The van der Waals surface area contributed by atoms with Gasteiger partial charge in [0.15, 0.2) is 0 Å². The quantitative estimate of drug-likeness (QED) is 0.882. The summed E-state index contributed by atoms with van der Waals surface area (Å²) in [5, 5.41) is 6.36. The molecule has 2 rings (SSSR count). The summed E-state index contributed by atoms with van der Waals surface area (Å²) >= 11 is 7.52. The van der Waals surface area contributed by atoms with Crippen LogP contribution in [0, 0.1) is 0 Å². The summed E-state index contributed by atoms with van der Waals surface area (Å²) in [5.41, 5.74) is 0.623. The molecule has 5 nitrogen and oxygen atoms in total. The lowest BCUT2D eigenvalue weighted by Gasteiger charge is -2.20. The van der Waals surface area contributed by atoms with Crippen LogP contribution in [0.15, 0.2) is 24.3 Å². The fraction of sp³-hybridized carbons (Fsp3) is 0.385. The number of rotatable bonds is 4. The monoisotopic (exact) mass is 313 g/mol. The van der Waals surface area contributed by atoms with Gasteiger partial charge in [-0.2, -0.15) is 0 Å². The second-order valence-electron chi connectivity index (χ2n) is 4.52. The summed E-state index contributed by atoms with van der Waals surface area (Å²) < 4.78 is 0. The normalized spacial score (nSPS) is 17.8. The Kier molecular flexibility index (Phi) is 5.28. The third kappa shape index (κ3) is 4.13. The van der Waals surface area contributed by atoms with Crippen LogP contribution in [0.4, 0.5) is 5.69 Å². The van der Waals surface area contributed by atoms with Crippen LogP contribution in [0.2, 0.25) is 5.02 Å². The maximum atomic E-state index is 12.0. The van der Waals surface area contributed by atoms with Crippen molar-refractivity contribution in [1.29, 1.82) is 0 Å². The Morgan fingerprint density at radius 2 is 2.35 bits per heavy atom. The van der Waals surface area contributed by atoms with Gasteiger partial charge in [0.25, 0.3) is 0 Å². The zero-order valence-corrected chi connectivity index (χ0v) is 12.6. The van der Waals surface area contributed by atoms with E-state index in [1.165, 1.54) is 4.90 Å². The van der Waals surface area contributed by atoms with E-state index in [1.807, 2.05) is 0 Å². The predicted molar refractivity (Wildman–Crippen MR) is 82.0 cm³/mol. The molecular formula is C13H16ClN3O2S. The minimum absolute atomic E-state index is 0.0220. The summed E-state index contributed by atoms with van der Waals surface area (Å²) in [6, 6.07) is 6.71. The number of anilines is 1. The van der Waals surface area contributed by atoms with Crippen molar-refractivity contribution in [3.8, 4) is 0 Å². The Morgan fingerprint density at radius 1 is 1.55 bits per heavy atom. The number of nitrogens with one attached hydrogen (secondary N) is 2. The first kappa shape index (κ1) is 15.2. The summed E-state index contributed by atoms with van der Waals surface area (Å²) in [7, 11) is 1.63. The Balaban J connectivity index is 1.85. The Labute approximate surface area is 127 Å². The Bertz CT molecular complexity index is 506. The zero-order chi connectivity index (χ0) is 14.5. The van der Waals surface area contributed by atoms with Crippen molar-refractivity contribution in [3.05, 3.63) is 29.3 Å². The molecule has 0 aliphatic carbocycles. The molecule has 1 saturated heterocycles. The van der Waals surface area contributed by atoms with Gasteiger partial charge in [-0.25, -0.2) is 0 Å². The molecule has 20 heavy (non-hydrogen) atoms. The topological polar surface area (TPSA) is 61.4 Å². The van der Waals surface area contributed by atoms with E-state index in [1.54, 1.807) is 43.1 Å². The number of benzene rings is 1. The van der Waals surface area contributed by atoms with Crippen molar-refractivity contribution in [2.24, 2.45) is 0 Å². The average Bonchev–Trinajstić information content (AvgIpc) is 2.91. The van der Waals surface area contributed by atoms with Gasteiger partial charge in [-0.3, -0.25) is 14.9 Å². The number of carbonyl (C=O) groups is 2. The number of hydrogen-bond acceptors (Lipinski definition) is 4. The van der Waals surface area contributed by atoms with Gasteiger partial charge in [0.1, 0.15) is 0 Å². The molecule has 1 aliphatic rings. The third-order valence-corrected chi connectivity index (χ3v) is 4.05. The Morgan fingerprint density at radius 3 is 3.00 bits per heavy atom. The van der Waals surface area contributed by atoms with Gasteiger partial charge in [-0.1, -0.05) is 17.7 Å². The van der Waals surface area contributed by atoms with Gasteiger partial charge < -0.3 is 10.2 Å². The lowest BCUT2D eigenvalue weighted by atomic mass is 10.3. The number of halogens is 1. The number of amides is 2. The van der Waals surface area contributed by atoms with Crippen LogP contribution in [0.1, 0.15) is 0 Å². The highest BCUT2D eigenvalue weighted by molar-refractivity contribution is 7.99. The highest BCUT2D eigenvalue weighted by atomic mass is 35.5. The first-order valence-corrected chi connectivity index (χ1v) is 7.71. The molecule has 1 atom stereocenters. The van der Waals surface area contributed by atoms with E-state index in [9.17, 15) is 9.59 Å². The van der Waals surface area contributed by atoms with E-state index in [4.69, 9.17) is 11.6 Å². The third-order valence-electron chi connectivity index (χ3n) is 2.88. The molecule has 2 N–H and O–H groups in total. The van der Waals surface area contributed by atoms with E-state index >= 15 is 0 Å². The zero-order valence-electron chi connectivity index (χ0n) is 11.1. The van der Waals surface area contributed by atoms with Gasteiger partial charge in [-0.15, -0.1) is 11.8 Å². The first-order chi connectivity index (χ1) is 9.56. The molecule has 1 unspecified atom stereocenters. The largest absolute Gasteiger partial charge is 0.335 e. The fourth-order valence-corrected chi connectivity index (χ4v) is 3.00. The Hall–Kier alpha value is -1.24. The fourth-order valence-electron chi connectivity index (χ4n) is 1.88. The van der Waals surface area contributed by atoms with Crippen LogP contribution in [0.3, 0.4) is 0 Å². The van der Waals surface area contributed by atoms with Crippen LogP contribution >= 0.6 is 23.4 Å². The highest BCUT2D eigenvalue weighted by Crippen LogP contribution is 2.15. The smallest absolute Gasteiger partial charge is 0.243 e. The number of carbonyl (C=O) groups excluding carboxylic acids is 2. The number of hydrogen-bond donors (Lipinski definition) is 2. The lowest BCUT2D eigenvalue weighted by molar-refractivity contribution is -0.134. The highest BCUT2D eigenvalue weighted by Gasteiger charge is 2.26. The second-order valence-corrected chi connectivity index (χ2v) is 5.99. The van der Waals surface area contributed by atoms with Crippen molar-refractivity contribution in [2.75, 3.05) is 30.5 Å². The van der Waals surface area contributed by atoms with Crippen molar-refractivity contribution in [2.45, 2.75) is 6.04 Å². The van der Waals surface area contributed by atoms with Gasteiger partial charge >= 0.3 is 0 Å². The molecule has 0 radical (unpaired) electrons. The van der Waals surface area contributed by atoms with E-state index in [0.717, 1.165) is 11.6 Å². The first-order valence-electron chi connectivity index (χ1n) is 6.18. The summed E-state index contributed by atoms with van der Waals surface area (Å²) in [4.78, 5) is 25.4.